The second-order valence-corrected chi connectivity index (χ2v) is 11.2. The maximum atomic E-state index is 13.6. The second kappa shape index (κ2) is 11.5. The zero-order chi connectivity index (χ0) is 27.5. The molecule has 1 saturated carbocycles. The van der Waals surface area contributed by atoms with Crippen LogP contribution in [0.3, 0.4) is 0 Å². The van der Waals surface area contributed by atoms with Gasteiger partial charge in [0.05, 0.1) is 17.9 Å². The van der Waals surface area contributed by atoms with Gasteiger partial charge in [0.2, 0.25) is 5.95 Å². The molecule has 5 rings (SSSR count). The lowest BCUT2D eigenvalue weighted by Crippen LogP contribution is -2.39. The zero-order valence-corrected chi connectivity index (χ0v) is 22.9. The molecule has 1 aromatic carbocycles. The Morgan fingerprint density at radius 1 is 1.03 bits per heavy atom. The molecular weight excluding hydrogens is 526 g/mol. The molecule has 1 aromatic heterocycles. The van der Waals surface area contributed by atoms with E-state index in [1.807, 2.05) is 6.07 Å². The molecule has 39 heavy (non-hydrogen) atoms. The molecule has 3 heterocycles. The van der Waals surface area contributed by atoms with Crippen molar-refractivity contribution in [2.24, 2.45) is 5.41 Å². The Balaban J connectivity index is 1.30. The molecule has 1 aliphatic carbocycles. The molecule has 2 N–H and O–H groups in total. The Labute approximate surface area is 231 Å². The molecule has 0 unspecified atom stereocenters. The van der Waals surface area contributed by atoms with Crippen LogP contribution in [0.5, 0.6) is 0 Å². The van der Waals surface area contributed by atoms with Crippen LogP contribution < -0.4 is 19.8 Å². The fourth-order valence-electron chi connectivity index (χ4n) is 5.15. The fraction of sp³-hybridized carbons (Fsp3) is 0.556. The lowest BCUT2D eigenvalue weighted by molar-refractivity contribution is -0.139. The molecule has 0 radical (unpaired) electrons. The minimum Gasteiger partial charge on any atom is -0.465 e. The molecule has 210 valence electrons. The van der Waals surface area contributed by atoms with E-state index in [4.69, 9.17) is 4.74 Å². The number of anilines is 4. The topological polar surface area (TPSA) is 99.7 Å². The quantitative estimate of drug-likeness (QED) is 0.325. The highest BCUT2D eigenvalue weighted by atomic mass is 32.2. The number of halogens is 2. The van der Waals surface area contributed by atoms with Crippen LogP contribution in [0.15, 0.2) is 30.5 Å². The monoisotopic (exact) mass is 560 g/mol. The number of rotatable bonds is 9. The van der Waals surface area contributed by atoms with E-state index in [9.17, 15) is 18.4 Å². The van der Waals surface area contributed by atoms with Gasteiger partial charge in [-0.1, -0.05) is 0 Å². The van der Waals surface area contributed by atoms with Crippen molar-refractivity contribution in [2.75, 3.05) is 58.4 Å². The summed E-state index contributed by atoms with van der Waals surface area (Å²) in [4.78, 5) is 37.8. The van der Waals surface area contributed by atoms with Crippen molar-refractivity contribution in [1.29, 1.82) is 0 Å². The van der Waals surface area contributed by atoms with Crippen LogP contribution in [0.25, 0.3) is 0 Å². The van der Waals surface area contributed by atoms with Crippen LogP contribution in [-0.2, 0) is 9.53 Å². The summed E-state index contributed by atoms with van der Waals surface area (Å²) in [7, 11) is 0. The predicted octanol–water partition coefficient (Wildman–Crippen LogP) is 4.97. The van der Waals surface area contributed by atoms with Gasteiger partial charge >= 0.3 is 5.97 Å². The minimum absolute atomic E-state index is 0.128. The highest BCUT2D eigenvalue weighted by Crippen LogP contribution is 2.54. The number of aromatic nitrogens is 2. The number of esters is 1. The van der Waals surface area contributed by atoms with Gasteiger partial charge in [-0.05, 0) is 74.2 Å². The molecule has 0 bridgehead atoms. The van der Waals surface area contributed by atoms with Gasteiger partial charge in [-0.2, -0.15) is 4.98 Å². The minimum atomic E-state index is -2.65. The Kier molecular flexibility index (Phi) is 8.11. The van der Waals surface area contributed by atoms with Gasteiger partial charge in [-0.25, -0.2) is 13.8 Å². The average molecular weight is 561 g/mol. The van der Waals surface area contributed by atoms with Crippen LogP contribution >= 0.6 is 11.9 Å². The number of alkyl halides is 2. The molecule has 3 aliphatic rings. The summed E-state index contributed by atoms with van der Waals surface area (Å²) in [6.07, 6.45) is 5.84. The first kappa shape index (κ1) is 27.4. The third kappa shape index (κ3) is 6.90. The maximum Gasteiger partial charge on any atom is 0.317 e. The van der Waals surface area contributed by atoms with Crippen molar-refractivity contribution in [2.45, 2.75) is 51.4 Å². The number of hydrogen-bond acceptors (Lipinski definition) is 9. The number of nitrogens with one attached hydrogen (secondary N) is 2. The summed E-state index contributed by atoms with van der Waals surface area (Å²) >= 11 is 1.24. The van der Waals surface area contributed by atoms with Crippen LogP contribution in [0, 0.1) is 5.41 Å². The fourth-order valence-corrected chi connectivity index (χ4v) is 5.71. The van der Waals surface area contributed by atoms with Crippen molar-refractivity contribution < 1.29 is 23.1 Å². The normalized spacial score (nSPS) is 19.5. The van der Waals surface area contributed by atoms with E-state index in [2.05, 4.69) is 24.9 Å². The summed E-state index contributed by atoms with van der Waals surface area (Å²) in [6, 6.07) is 7.16. The molecule has 1 spiro atoms. The number of carbonyl (C=O) groups is 2. The van der Waals surface area contributed by atoms with E-state index in [-0.39, 0.29) is 49.5 Å². The summed E-state index contributed by atoms with van der Waals surface area (Å²) < 4.78 is 35.3. The van der Waals surface area contributed by atoms with Crippen molar-refractivity contribution in [3.63, 3.8) is 0 Å². The lowest BCUT2D eigenvalue weighted by Gasteiger charge is -2.35. The third-order valence-electron chi connectivity index (χ3n) is 7.73. The Morgan fingerprint density at radius 2 is 1.74 bits per heavy atom. The van der Waals surface area contributed by atoms with Crippen LogP contribution in [0.2, 0.25) is 0 Å². The van der Waals surface area contributed by atoms with Crippen LogP contribution in [0.4, 0.5) is 31.9 Å². The van der Waals surface area contributed by atoms with Gasteiger partial charge in [0.25, 0.3) is 11.8 Å². The molecule has 3 fully saturated rings. The Morgan fingerprint density at radius 3 is 2.44 bits per heavy atom. The van der Waals surface area contributed by atoms with Gasteiger partial charge in [-0.15, -0.1) is 0 Å². The number of benzene rings is 1. The molecular formula is C27H34F2N6O3S. The Bertz CT molecular complexity index is 1190. The van der Waals surface area contributed by atoms with E-state index >= 15 is 0 Å². The number of amides is 1. The first-order valence-electron chi connectivity index (χ1n) is 13.5. The molecule has 12 heteroatoms. The Hall–Kier alpha value is -3.15. The van der Waals surface area contributed by atoms with Crippen LogP contribution in [-0.4, -0.2) is 66.3 Å². The van der Waals surface area contributed by atoms with Gasteiger partial charge in [0.15, 0.2) is 0 Å². The SMILES string of the molecule is CCOC(=O)CSNc1ccc(C(=O)Nc2nccc(N3CCC(F)(F)CC3)n2)c(N2CCC3(CC2)CC3)c1. The summed E-state index contributed by atoms with van der Waals surface area (Å²) in [6.45, 7) is 4.23. The van der Waals surface area contributed by atoms with Crippen LogP contribution in [0.1, 0.15) is 55.8 Å². The smallest absolute Gasteiger partial charge is 0.317 e. The van der Waals surface area contributed by atoms with Gasteiger partial charge in [-0.3, -0.25) is 14.9 Å². The van der Waals surface area contributed by atoms with E-state index in [0.717, 1.165) is 37.3 Å². The summed E-state index contributed by atoms with van der Waals surface area (Å²) in [5.41, 5.74) is 2.56. The highest BCUT2D eigenvalue weighted by Gasteiger charge is 2.44. The predicted molar refractivity (Wildman–Crippen MR) is 149 cm³/mol. The standard InChI is InChI=1S/C27H34F2N6O3S/c1-2-38-23(36)18-39-33-19-3-4-20(21(17-19)34-13-8-26(6-7-26)9-14-34)24(37)32-25-30-12-5-22(31-25)35-15-10-27(28,29)11-16-35/h3-5,12,17,33H,2,6-11,13-16,18H2,1H3,(H,30,31,32,37). The average Bonchev–Trinajstić information content (AvgIpc) is 3.68. The molecule has 2 saturated heterocycles. The number of ether oxygens (including phenoxy) is 1. The number of nitrogens with zero attached hydrogens (tertiary/aromatic N) is 4. The zero-order valence-electron chi connectivity index (χ0n) is 22.0. The van der Waals surface area contributed by atoms with Gasteiger partial charge < -0.3 is 19.3 Å². The van der Waals surface area contributed by atoms with E-state index in [0.29, 0.717) is 23.4 Å². The second-order valence-electron chi connectivity index (χ2n) is 10.5. The number of hydrogen-bond donors (Lipinski definition) is 2. The van der Waals surface area contributed by atoms with Crippen molar-refractivity contribution in [3.8, 4) is 0 Å². The van der Waals surface area contributed by atoms with Crippen molar-refractivity contribution >= 4 is 47.0 Å². The van der Waals surface area contributed by atoms with E-state index in [1.54, 1.807) is 30.0 Å². The third-order valence-corrected chi connectivity index (χ3v) is 8.49. The van der Waals surface area contributed by atoms with E-state index in [1.165, 1.54) is 31.0 Å². The lowest BCUT2D eigenvalue weighted by atomic mass is 9.93. The summed E-state index contributed by atoms with van der Waals surface area (Å²) in [5, 5.41) is 2.80. The highest BCUT2D eigenvalue weighted by molar-refractivity contribution is 8.01. The molecule has 9 nitrogen and oxygen atoms in total. The van der Waals surface area contributed by atoms with Gasteiger partial charge in [0.1, 0.15) is 11.6 Å². The summed E-state index contributed by atoms with van der Waals surface area (Å²) in [5.74, 6) is -2.48. The molecule has 2 aliphatic heterocycles. The first-order chi connectivity index (χ1) is 18.8. The molecule has 2 aromatic rings. The van der Waals surface area contributed by atoms with Crippen molar-refractivity contribution in [3.05, 3.63) is 36.0 Å². The van der Waals surface area contributed by atoms with Gasteiger partial charge in [0, 0.05) is 50.9 Å². The van der Waals surface area contributed by atoms with Crippen molar-refractivity contribution in [1.82, 2.24) is 9.97 Å². The first-order valence-corrected chi connectivity index (χ1v) is 14.4. The molecule has 1 amide bonds. The number of piperidine rings is 2. The maximum absolute atomic E-state index is 13.6. The van der Waals surface area contributed by atoms with E-state index < -0.39 is 5.92 Å². The molecule has 0 atom stereocenters. The number of carbonyl (C=O) groups excluding carboxylic acids is 2. The largest absolute Gasteiger partial charge is 0.465 e.